The van der Waals surface area contributed by atoms with Gasteiger partial charge in [-0.1, -0.05) is 6.58 Å². The van der Waals surface area contributed by atoms with Gasteiger partial charge in [-0.2, -0.15) is 0 Å². The Kier molecular flexibility index (Phi) is 2.05. The van der Waals surface area contributed by atoms with E-state index in [-0.39, 0.29) is 0 Å². The highest BCUT2D eigenvalue weighted by Crippen LogP contribution is 2.04. The number of hydrogen-bond donors (Lipinski definition) is 1. The van der Waals surface area contributed by atoms with Gasteiger partial charge in [0.05, 0.1) is 0 Å². The molecule has 0 aliphatic rings. The normalized spacial score (nSPS) is 8.90. The van der Waals surface area contributed by atoms with Crippen molar-refractivity contribution in [3.63, 3.8) is 0 Å². The predicted octanol–water partition coefficient (Wildman–Crippen LogP) is 1.27. The van der Waals surface area contributed by atoms with Gasteiger partial charge >= 0.3 is 0 Å². The molecule has 10 heavy (non-hydrogen) atoms. The lowest BCUT2D eigenvalue weighted by Crippen LogP contribution is -2.02. The molecular formula is C8H10N2. The molecule has 1 aromatic heterocycles. The summed E-state index contributed by atoms with van der Waals surface area (Å²) in [7, 11) is 1.85. The van der Waals surface area contributed by atoms with Gasteiger partial charge in [0.2, 0.25) is 0 Å². The van der Waals surface area contributed by atoms with Crippen molar-refractivity contribution in [2.45, 2.75) is 0 Å². The summed E-state index contributed by atoms with van der Waals surface area (Å²) in [6.07, 6.45) is 3.50. The van der Waals surface area contributed by atoms with Crippen molar-refractivity contribution < 1.29 is 0 Å². The molecule has 1 rings (SSSR count). The minimum atomic E-state index is 0.919. The van der Waals surface area contributed by atoms with Crippen molar-refractivity contribution in [1.29, 1.82) is 0 Å². The SMILES string of the molecule is C=C(NC)c1ccncc1. The van der Waals surface area contributed by atoms with Crippen LogP contribution in [0.3, 0.4) is 0 Å². The van der Waals surface area contributed by atoms with E-state index in [0.29, 0.717) is 0 Å². The second kappa shape index (κ2) is 3.01. The minimum absolute atomic E-state index is 0.919. The third kappa shape index (κ3) is 1.35. The fourth-order valence-corrected chi connectivity index (χ4v) is 0.697. The van der Waals surface area contributed by atoms with Crippen LogP contribution in [0.2, 0.25) is 0 Å². The maximum absolute atomic E-state index is 3.89. The zero-order valence-corrected chi connectivity index (χ0v) is 5.96. The summed E-state index contributed by atoms with van der Waals surface area (Å²) in [4.78, 5) is 3.89. The highest BCUT2D eigenvalue weighted by molar-refractivity contribution is 5.60. The van der Waals surface area contributed by atoms with Gasteiger partial charge < -0.3 is 5.32 Å². The topological polar surface area (TPSA) is 24.9 Å². The van der Waals surface area contributed by atoms with Crippen LogP contribution in [0, 0.1) is 0 Å². The molecule has 0 saturated heterocycles. The summed E-state index contributed by atoms with van der Waals surface area (Å²) in [5.41, 5.74) is 2.00. The van der Waals surface area contributed by atoms with E-state index in [4.69, 9.17) is 0 Å². The van der Waals surface area contributed by atoms with Crippen LogP contribution in [-0.4, -0.2) is 12.0 Å². The monoisotopic (exact) mass is 134 g/mol. The van der Waals surface area contributed by atoms with Crippen LogP contribution >= 0.6 is 0 Å². The fraction of sp³-hybridized carbons (Fsp3) is 0.125. The van der Waals surface area contributed by atoms with Crippen molar-refractivity contribution in [3.8, 4) is 0 Å². The van der Waals surface area contributed by atoms with Crippen molar-refractivity contribution in [1.82, 2.24) is 10.3 Å². The van der Waals surface area contributed by atoms with Crippen LogP contribution in [-0.2, 0) is 0 Å². The molecule has 1 N–H and O–H groups in total. The van der Waals surface area contributed by atoms with E-state index in [1.165, 1.54) is 0 Å². The number of pyridine rings is 1. The molecule has 52 valence electrons. The molecule has 0 bridgehead atoms. The summed E-state index contributed by atoms with van der Waals surface area (Å²) in [6.45, 7) is 3.80. The molecule has 0 radical (unpaired) electrons. The molecule has 0 spiro atoms. The molecule has 1 heterocycles. The summed E-state index contributed by atoms with van der Waals surface area (Å²) in [5, 5.41) is 2.96. The van der Waals surface area contributed by atoms with Gasteiger partial charge in [0, 0.05) is 30.7 Å². The highest BCUT2D eigenvalue weighted by Gasteiger charge is 1.91. The van der Waals surface area contributed by atoms with Crippen LogP contribution in [0.25, 0.3) is 5.70 Å². The zero-order chi connectivity index (χ0) is 7.40. The first kappa shape index (κ1) is 6.81. The van der Waals surface area contributed by atoms with Crippen molar-refractivity contribution >= 4 is 5.70 Å². The van der Waals surface area contributed by atoms with Crippen LogP contribution in [0.1, 0.15) is 5.56 Å². The molecule has 0 aliphatic carbocycles. The van der Waals surface area contributed by atoms with E-state index in [1.54, 1.807) is 12.4 Å². The van der Waals surface area contributed by atoms with Gasteiger partial charge in [-0.25, -0.2) is 0 Å². The van der Waals surface area contributed by atoms with E-state index in [2.05, 4.69) is 16.9 Å². The summed E-state index contributed by atoms with van der Waals surface area (Å²) < 4.78 is 0. The van der Waals surface area contributed by atoms with Gasteiger partial charge in [-0.15, -0.1) is 0 Å². The first-order chi connectivity index (χ1) is 4.84. The Morgan fingerprint density at radius 2 is 2.10 bits per heavy atom. The maximum Gasteiger partial charge on any atom is 0.0339 e. The molecular weight excluding hydrogens is 124 g/mol. The van der Waals surface area contributed by atoms with Crippen LogP contribution in [0.4, 0.5) is 0 Å². The van der Waals surface area contributed by atoms with E-state index in [1.807, 2.05) is 19.2 Å². The Bertz CT molecular complexity index is 216. The smallest absolute Gasteiger partial charge is 0.0339 e. The Morgan fingerprint density at radius 1 is 1.50 bits per heavy atom. The number of nitrogens with one attached hydrogen (secondary N) is 1. The van der Waals surface area contributed by atoms with Crippen LogP contribution in [0.5, 0.6) is 0 Å². The van der Waals surface area contributed by atoms with Gasteiger partial charge in [-0.05, 0) is 12.1 Å². The van der Waals surface area contributed by atoms with E-state index in [0.717, 1.165) is 11.3 Å². The molecule has 1 aromatic rings. The molecule has 0 amide bonds. The van der Waals surface area contributed by atoms with Crippen LogP contribution < -0.4 is 5.32 Å². The van der Waals surface area contributed by atoms with Crippen molar-refractivity contribution in [2.24, 2.45) is 0 Å². The average molecular weight is 134 g/mol. The molecule has 2 nitrogen and oxygen atoms in total. The Balaban J connectivity index is 2.85. The lowest BCUT2D eigenvalue weighted by atomic mass is 10.2. The summed E-state index contributed by atoms with van der Waals surface area (Å²) in [6, 6.07) is 3.83. The fourth-order valence-electron chi connectivity index (χ4n) is 0.697. The Morgan fingerprint density at radius 3 is 2.60 bits per heavy atom. The summed E-state index contributed by atoms with van der Waals surface area (Å²) >= 11 is 0. The second-order valence-electron chi connectivity index (χ2n) is 1.96. The average Bonchev–Trinajstić information content (AvgIpc) is 2.05. The van der Waals surface area contributed by atoms with Gasteiger partial charge in [0.15, 0.2) is 0 Å². The van der Waals surface area contributed by atoms with Gasteiger partial charge in [0.25, 0.3) is 0 Å². The Hall–Kier alpha value is -1.31. The molecule has 0 aromatic carbocycles. The van der Waals surface area contributed by atoms with Crippen molar-refractivity contribution in [3.05, 3.63) is 36.7 Å². The molecule has 0 unspecified atom stereocenters. The largest absolute Gasteiger partial charge is 0.388 e. The molecule has 2 heteroatoms. The predicted molar refractivity (Wildman–Crippen MR) is 42.3 cm³/mol. The van der Waals surface area contributed by atoms with E-state index < -0.39 is 0 Å². The number of aromatic nitrogens is 1. The zero-order valence-electron chi connectivity index (χ0n) is 5.96. The van der Waals surface area contributed by atoms with E-state index in [9.17, 15) is 0 Å². The summed E-state index contributed by atoms with van der Waals surface area (Å²) in [5.74, 6) is 0. The second-order valence-corrected chi connectivity index (χ2v) is 1.96. The standard InChI is InChI=1S/C8H10N2/c1-7(9-2)8-3-5-10-6-4-8/h3-6,9H,1H2,2H3. The highest BCUT2D eigenvalue weighted by atomic mass is 14.8. The third-order valence-electron chi connectivity index (χ3n) is 1.33. The molecule has 0 saturated carbocycles. The molecule has 0 fully saturated rings. The maximum atomic E-state index is 3.89. The molecule has 0 atom stereocenters. The first-order valence-electron chi connectivity index (χ1n) is 3.11. The first-order valence-corrected chi connectivity index (χ1v) is 3.11. The molecule has 0 aliphatic heterocycles. The van der Waals surface area contributed by atoms with Crippen LogP contribution in [0.15, 0.2) is 31.1 Å². The number of rotatable bonds is 2. The minimum Gasteiger partial charge on any atom is -0.388 e. The lowest BCUT2D eigenvalue weighted by molar-refractivity contribution is 1.13. The lowest BCUT2D eigenvalue weighted by Gasteiger charge is -2.01. The number of nitrogens with zero attached hydrogens (tertiary/aromatic N) is 1. The van der Waals surface area contributed by atoms with Gasteiger partial charge in [-0.3, -0.25) is 4.98 Å². The quantitative estimate of drug-likeness (QED) is 0.659. The Labute approximate surface area is 60.6 Å². The van der Waals surface area contributed by atoms with E-state index >= 15 is 0 Å². The van der Waals surface area contributed by atoms with Crippen molar-refractivity contribution in [2.75, 3.05) is 7.05 Å². The third-order valence-corrected chi connectivity index (χ3v) is 1.33. The number of hydrogen-bond acceptors (Lipinski definition) is 2. The van der Waals surface area contributed by atoms with Gasteiger partial charge in [0.1, 0.15) is 0 Å².